The molecular formula is C12H23N3O5S. The largest absolute Gasteiger partial charge is 0.480 e. The second kappa shape index (κ2) is 7.19. The molecule has 4 N–H and O–H groups in total. The first-order chi connectivity index (χ1) is 9.61. The van der Waals surface area contributed by atoms with Crippen molar-refractivity contribution in [3.8, 4) is 0 Å². The molecule has 0 aromatic rings. The van der Waals surface area contributed by atoms with Gasteiger partial charge in [-0.25, -0.2) is 0 Å². The molecule has 1 heterocycles. The molecule has 1 aliphatic rings. The molecule has 1 amide bonds. The third kappa shape index (κ3) is 5.60. The van der Waals surface area contributed by atoms with Crippen molar-refractivity contribution >= 4 is 22.1 Å². The number of carboxylic acids is 1. The highest BCUT2D eigenvalue weighted by atomic mass is 32.2. The van der Waals surface area contributed by atoms with Gasteiger partial charge in [-0.3, -0.25) is 9.59 Å². The molecule has 1 aliphatic heterocycles. The average molecular weight is 321 g/mol. The van der Waals surface area contributed by atoms with Crippen LogP contribution in [0.4, 0.5) is 0 Å². The maximum atomic E-state index is 12.3. The van der Waals surface area contributed by atoms with Crippen LogP contribution >= 0.6 is 0 Å². The van der Waals surface area contributed by atoms with E-state index in [9.17, 15) is 18.0 Å². The summed E-state index contributed by atoms with van der Waals surface area (Å²) in [5, 5.41) is 9.05. The minimum absolute atomic E-state index is 0.164. The standard InChI is InChI=1S/C12H23N3O5S/c1-8-5-9(2)7-15(6-8)21(19,20)14-10(12(17)18)3-4-11(13)16/h8-10,14H,3-7H2,1-2H3,(H2,13,16)(H,17,18)/t8?,9?,10-/m0/s1. The zero-order valence-corrected chi connectivity index (χ0v) is 13.1. The van der Waals surface area contributed by atoms with E-state index in [1.807, 2.05) is 13.8 Å². The summed E-state index contributed by atoms with van der Waals surface area (Å²) in [6, 6.07) is -1.35. The van der Waals surface area contributed by atoms with Gasteiger partial charge in [-0.05, 0) is 24.7 Å². The Morgan fingerprint density at radius 2 is 1.86 bits per heavy atom. The van der Waals surface area contributed by atoms with Gasteiger partial charge in [0.2, 0.25) is 5.91 Å². The van der Waals surface area contributed by atoms with E-state index in [0.717, 1.165) is 6.42 Å². The fourth-order valence-corrected chi connectivity index (χ4v) is 4.20. The normalized spacial score (nSPS) is 25.4. The molecule has 9 heteroatoms. The summed E-state index contributed by atoms with van der Waals surface area (Å²) < 4.78 is 28.0. The van der Waals surface area contributed by atoms with Crippen LogP contribution < -0.4 is 10.5 Å². The van der Waals surface area contributed by atoms with Crippen LogP contribution in [0.1, 0.15) is 33.1 Å². The summed E-state index contributed by atoms with van der Waals surface area (Å²) in [5.74, 6) is -1.54. The third-order valence-corrected chi connectivity index (χ3v) is 5.00. The molecule has 0 aromatic carbocycles. The Morgan fingerprint density at radius 3 is 2.29 bits per heavy atom. The highest BCUT2D eigenvalue weighted by Gasteiger charge is 2.33. The van der Waals surface area contributed by atoms with Crippen molar-refractivity contribution in [1.29, 1.82) is 0 Å². The SMILES string of the molecule is CC1CC(C)CN(S(=O)(=O)N[C@@H](CCC(N)=O)C(=O)O)C1. The van der Waals surface area contributed by atoms with Gasteiger partial charge in [0.05, 0.1) is 0 Å². The van der Waals surface area contributed by atoms with Gasteiger partial charge < -0.3 is 10.8 Å². The molecule has 1 saturated heterocycles. The Morgan fingerprint density at radius 1 is 1.33 bits per heavy atom. The van der Waals surface area contributed by atoms with Crippen molar-refractivity contribution in [3.63, 3.8) is 0 Å². The van der Waals surface area contributed by atoms with Crippen molar-refractivity contribution < 1.29 is 23.1 Å². The molecule has 0 spiro atoms. The lowest BCUT2D eigenvalue weighted by molar-refractivity contribution is -0.139. The lowest BCUT2D eigenvalue weighted by Crippen LogP contribution is -2.52. The van der Waals surface area contributed by atoms with Gasteiger partial charge >= 0.3 is 5.97 Å². The number of nitrogens with two attached hydrogens (primary N) is 1. The van der Waals surface area contributed by atoms with Crippen molar-refractivity contribution in [1.82, 2.24) is 9.03 Å². The number of primary amides is 1. The number of amides is 1. The molecule has 8 nitrogen and oxygen atoms in total. The quantitative estimate of drug-likeness (QED) is 0.583. The Kier molecular flexibility index (Phi) is 6.11. The lowest BCUT2D eigenvalue weighted by atomic mass is 9.94. The van der Waals surface area contributed by atoms with E-state index in [1.54, 1.807) is 0 Å². The van der Waals surface area contributed by atoms with E-state index in [-0.39, 0.29) is 24.7 Å². The van der Waals surface area contributed by atoms with Gasteiger partial charge in [0.1, 0.15) is 6.04 Å². The number of piperidine rings is 1. The Hall–Kier alpha value is -1.19. The van der Waals surface area contributed by atoms with Gasteiger partial charge in [-0.1, -0.05) is 13.8 Å². The van der Waals surface area contributed by atoms with E-state index in [0.29, 0.717) is 13.1 Å². The van der Waals surface area contributed by atoms with Crippen LogP contribution in [0, 0.1) is 11.8 Å². The van der Waals surface area contributed by atoms with Crippen LogP contribution in [-0.2, 0) is 19.8 Å². The number of carbonyl (C=O) groups excluding carboxylic acids is 1. The predicted molar refractivity (Wildman–Crippen MR) is 76.4 cm³/mol. The molecule has 122 valence electrons. The molecule has 1 fully saturated rings. The molecule has 1 rings (SSSR count). The number of rotatable bonds is 7. The first-order valence-electron chi connectivity index (χ1n) is 6.90. The fourth-order valence-electron chi connectivity index (χ4n) is 2.58. The topological polar surface area (TPSA) is 130 Å². The van der Waals surface area contributed by atoms with Crippen molar-refractivity contribution in [2.24, 2.45) is 17.6 Å². The Bertz CT molecular complexity index is 483. The van der Waals surface area contributed by atoms with Gasteiger partial charge in [0.15, 0.2) is 0 Å². The van der Waals surface area contributed by atoms with E-state index < -0.39 is 28.1 Å². The lowest BCUT2D eigenvalue weighted by Gasteiger charge is -2.34. The minimum atomic E-state index is -3.89. The number of hydrogen-bond donors (Lipinski definition) is 3. The first kappa shape index (κ1) is 17.9. The monoisotopic (exact) mass is 321 g/mol. The average Bonchev–Trinajstić information content (AvgIpc) is 2.32. The van der Waals surface area contributed by atoms with Crippen molar-refractivity contribution in [3.05, 3.63) is 0 Å². The summed E-state index contributed by atoms with van der Waals surface area (Å²) in [5.41, 5.74) is 4.96. The highest BCUT2D eigenvalue weighted by Crippen LogP contribution is 2.22. The molecule has 21 heavy (non-hydrogen) atoms. The number of hydrogen-bond acceptors (Lipinski definition) is 4. The van der Waals surface area contributed by atoms with Crippen molar-refractivity contribution in [2.45, 2.75) is 39.2 Å². The number of carboxylic acid groups (broad SMARTS) is 1. The number of nitrogens with zero attached hydrogens (tertiary/aromatic N) is 1. The molecule has 3 atom stereocenters. The molecule has 0 aliphatic carbocycles. The third-order valence-electron chi connectivity index (χ3n) is 3.44. The van der Waals surface area contributed by atoms with Gasteiger partial charge in [0, 0.05) is 19.5 Å². The van der Waals surface area contributed by atoms with Crippen molar-refractivity contribution in [2.75, 3.05) is 13.1 Å². The van der Waals surface area contributed by atoms with Crippen LogP contribution in [-0.4, -0.2) is 48.8 Å². The molecule has 0 bridgehead atoms. The summed E-state index contributed by atoms with van der Waals surface area (Å²) in [4.78, 5) is 21.8. The van der Waals surface area contributed by atoms with Crippen LogP contribution in [0.2, 0.25) is 0 Å². The number of nitrogens with one attached hydrogen (secondary N) is 1. The molecule has 0 radical (unpaired) electrons. The molecule has 2 unspecified atom stereocenters. The van der Waals surface area contributed by atoms with Crippen LogP contribution in [0.5, 0.6) is 0 Å². The summed E-state index contributed by atoms with van der Waals surface area (Å²) in [7, 11) is -3.89. The van der Waals surface area contributed by atoms with Gasteiger partial charge in [-0.2, -0.15) is 17.4 Å². The zero-order valence-electron chi connectivity index (χ0n) is 12.3. The predicted octanol–water partition coefficient (Wildman–Crippen LogP) is -0.483. The van der Waals surface area contributed by atoms with E-state index in [4.69, 9.17) is 10.8 Å². The second-order valence-electron chi connectivity index (χ2n) is 5.78. The Labute approximate surface area is 124 Å². The number of aliphatic carboxylic acids is 1. The summed E-state index contributed by atoms with van der Waals surface area (Å²) in [6.07, 6.45) is 0.588. The van der Waals surface area contributed by atoms with Crippen LogP contribution in [0.25, 0.3) is 0 Å². The number of carbonyl (C=O) groups is 2. The second-order valence-corrected chi connectivity index (χ2v) is 7.48. The summed E-state index contributed by atoms with van der Waals surface area (Å²) >= 11 is 0. The van der Waals surface area contributed by atoms with Crippen LogP contribution in [0.3, 0.4) is 0 Å². The van der Waals surface area contributed by atoms with Gasteiger partial charge in [-0.15, -0.1) is 0 Å². The van der Waals surface area contributed by atoms with E-state index in [2.05, 4.69) is 4.72 Å². The Balaban J connectivity index is 2.76. The van der Waals surface area contributed by atoms with E-state index in [1.165, 1.54) is 4.31 Å². The maximum Gasteiger partial charge on any atom is 0.321 e. The molecular weight excluding hydrogens is 298 g/mol. The minimum Gasteiger partial charge on any atom is -0.480 e. The maximum absolute atomic E-state index is 12.3. The molecule has 0 aromatic heterocycles. The zero-order chi connectivity index (χ0) is 16.2. The highest BCUT2D eigenvalue weighted by molar-refractivity contribution is 7.87. The summed E-state index contributed by atoms with van der Waals surface area (Å²) in [6.45, 7) is 4.64. The fraction of sp³-hybridized carbons (Fsp3) is 0.833. The smallest absolute Gasteiger partial charge is 0.321 e. The van der Waals surface area contributed by atoms with Gasteiger partial charge in [0.25, 0.3) is 10.2 Å². The molecule has 0 saturated carbocycles. The van der Waals surface area contributed by atoms with Crippen LogP contribution in [0.15, 0.2) is 0 Å². The van der Waals surface area contributed by atoms with E-state index >= 15 is 0 Å². The first-order valence-corrected chi connectivity index (χ1v) is 8.34.